The number of carbonyl (C=O) groups excluding carboxylic acids is 2. The summed E-state index contributed by atoms with van der Waals surface area (Å²) < 4.78 is 11.5. The summed E-state index contributed by atoms with van der Waals surface area (Å²) >= 11 is 0. The maximum atomic E-state index is 12.5. The first-order valence-corrected chi connectivity index (χ1v) is 11.4. The third kappa shape index (κ3) is 6.82. The largest absolute Gasteiger partial charge is 0.489 e. The summed E-state index contributed by atoms with van der Waals surface area (Å²) in [7, 11) is 1.52. The van der Waals surface area contributed by atoms with Gasteiger partial charge in [0.1, 0.15) is 29.5 Å². The van der Waals surface area contributed by atoms with E-state index in [0.29, 0.717) is 34.2 Å². The fourth-order valence-electron chi connectivity index (χ4n) is 3.40. The quantitative estimate of drug-likeness (QED) is 0.202. The average Bonchev–Trinajstić information content (AvgIpc) is 2.93. The summed E-state index contributed by atoms with van der Waals surface area (Å²) in [4.78, 5) is 38.9. The van der Waals surface area contributed by atoms with Crippen LogP contribution in [0, 0.1) is 10.1 Å². The number of pyridine rings is 1. The number of carbonyl (C=O) groups is 2. The van der Waals surface area contributed by atoms with Gasteiger partial charge in [0.25, 0.3) is 11.6 Å². The number of aromatic nitrogens is 1. The molecule has 3 N–H and O–H groups in total. The number of rotatable bonds is 9. The highest BCUT2D eigenvalue weighted by Crippen LogP contribution is 2.25. The molecule has 192 valence electrons. The molecule has 0 saturated carbocycles. The highest BCUT2D eigenvalue weighted by Gasteiger charge is 2.13. The zero-order valence-corrected chi connectivity index (χ0v) is 20.2. The molecule has 0 fully saturated rings. The lowest BCUT2D eigenvalue weighted by atomic mass is 10.2. The zero-order valence-electron chi connectivity index (χ0n) is 20.2. The molecule has 0 aliphatic heterocycles. The van der Waals surface area contributed by atoms with Crippen LogP contribution in [0.4, 0.5) is 21.9 Å². The summed E-state index contributed by atoms with van der Waals surface area (Å²) in [6.07, 6.45) is 1.48. The molecule has 0 bridgehead atoms. The van der Waals surface area contributed by atoms with Crippen molar-refractivity contribution in [2.24, 2.45) is 0 Å². The van der Waals surface area contributed by atoms with E-state index in [0.717, 1.165) is 0 Å². The van der Waals surface area contributed by atoms with Crippen LogP contribution >= 0.6 is 0 Å². The molecule has 0 aliphatic rings. The van der Waals surface area contributed by atoms with Crippen molar-refractivity contribution in [2.75, 3.05) is 17.7 Å². The van der Waals surface area contributed by atoms with Gasteiger partial charge < -0.3 is 25.4 Å². The Morgan fingerprint density at radius 1 is 0.868 bits per heavy atom. The molecule has 1 aromatic heterocycles. The van der Waals surface area contributed by atoms with Crippen LogP contribution in [0.25, 0.3) is 0 Å². The second-order valence-electron chi connectivity index (χ2n) is 7.86. The maximum absolute atomic E-state index is 12.5. The van der Waals surface area contributed by atoms with Gasteiger partial charge in [-0.3, -0.25) is 19.9 Å². The second-order valence-corrected chi connectivity index (χ2v) is 7.86. The number of nitrogens with one attached hydrogen (secondary N) is 3. The van der Waals surface area contributed by atoms with Crippen molar-refractivity contribution < 1.29 is 24.0 Å². The number of benzene rings is 3. The van der Waals surface area contributed by atoms with Crippen LogP contribution in [0.3, 0.4) is 0 Å². The Balaban J connectivity index is 1.32. The molecule has 3 aromatic carbocycles. The van der Waals surface area contributed by atoms with Crippen molar-refractivity contribution in [1.82, 2.24) is 10.3 Å². The number of ether oxygens (including phenoxy) is 2. The molecule has 0 saturated heterocycles. The highest BCUT2D eigenvalue weighted by atomic mass is 16.6. The van der Waals surface area contributed by atoms with Crippen molar-refractivity contribution in [3.05, 3.63) is 112 Å². The molecule has 11 nitrogen and oxygen atoms in total. The van der Waals surface area contributed by atoms with Crippen molar-refractivity contribution in [3.63, 3.8) is 0 Å². The Hall–Kier alpha value is -5.45. The van der Waals surface area contributed by atoms with Crippen molar-refractivity contribution >= 4 is 29.0 Å². The first kappa shape index (κ1) is 25.6. The Labute approximate surface area is 217 Å². The van der Waals surface area contributed by atoms with Gasteiger partial charge in [-0.15, -0.1) is 0 Å². The molecule has 4 rings (SSSR count). The number of nitro groups is 1. The van der Waals surface area contributed by atoms with Gasteiger partial charge in [-0.1, -0.05) is 18.2 Å². The lowest BCUT2D eigenvalue weighted by Crippen LogP contribution is -2.19. The molecular formula is C27H23N5O6. The van der Waals surface area contributed by atoms with Crippen LogP contribution in [-0.2, 0) is 6.61 Å². The van der Waals surface area contributed by atoms with Gasteiger partial charge in [-0.25, -0.2) is 4.79 Å². The molecule has 3 amide bonds. The van der Waals surface area contributed by atoms with E-state index in [1.165, 1.54) is 25.4 Å². The van der Waals surface area contributed by atoms with Crippen molar-refractivity contribution in [1.29, 1.82) is 0 Å². The van der Waals surface area contributed by atoms with Crippen molar-refractivity contribution in [2.45, 2.75) is 6.61 Å². The molecule has 0 radical (unpaired) electrons. The molecule has 38 heavy (non-hydrogen) atoms. The second kappa shape index (κ2) is 12.0. The predicted molar refractivity (Wildman–Crippen MR) is 141 cm³/mol. The summed E-state index contributed by atoms with van der Waals surface area (Å²) in [5.41, 5.74) is 1.66. The van der Waals surface area contributed by atoms with E-state index >= 15 is 0 Å². The van der Waals surface area contributed by atoms with Crippen LogP contribution in [-0.4, -0.2) is 28.9 Å². The standard InChI is InChI=1S/C27H23N5O6/c1-28-26(33)24-16-23(13-14-29-24)38-21-11-9-19(10-12-21)30-27(34)31-20-6-4-7-22(15-20)37-17-18-5-2-3-8-25(18)32(35)36/h2-16H,17H2,1H3,(H,28,33)(H2,30,31,34). The average molecular weight is 514 g/mol. The van der Waals surface area contributed by atoms with E-state index < -0.39 is 11.0 Å². The summed E-state index contributed by atoms with van der Waals surface area (Å²) in [6, 6.07) is 22.4. The van der Waals surface area contributed by atoms with E-state index in [1.54, 1.807) is 72.8 Å². The van der Waals surface area contributed by atoms with Gasteiger partial charge >= 0.3 is 6.03 Å². The summed E-state index contributed by atoms with van der Waals surface area (Å²) in [5.74, 6) is 1.07. The number of nitro benzene ring substituents is 1. The van der Waals surface area contributed by atoms with Gasteiger partial charge in [0.15, 0.2) is 0 Å². The number of hydrogen-bond donors (Lipinski definition) is 3. The predicted octanol–water partition coefficient (Wildman–Crippen LogP) is 5.36. The fraction of sp³-hybridized carbons (Fsp3) is 0.0741. The minimum atomic E-state index is -0.473. The SMILES string of the molecule is CNC(=O)c1cc(Oc2ccc(NC(=O)Nc3cccc(OCc4ccccc4[N+](=O)[O-])c3)cc2)ccn1. The van der Waals surface area contributed by atoms with Gasteiger partial charge in [0.05, 0.1) is 10.5 Å². The Morgan fingerprint density at radius 2 is 1.63 bits per heavy atom. The molecule has 0 spiro atoms. The van der Waals surface area contributed by atoms with Crippen LogP contribution in [0.2, 0.25) is 0 Å². The lowest BCUT2D eigenvalue weighted by Gasteiger charge is -2.11. The summed E-state index contributed by atoms with van der Waals surface area (Å²) in [6.45, 7) is 0.00777. The normalized spacial score (nSPS) is 10.2. The number of hydrogen-bond acceptors (Lipinski definition) is 7. The van der Waals surface area contributed by atoms with Crippen molar-refractivity contribution in [3.8, 4) is 17.2 Å². The van der Waals surface area contributed by atoms with E-state index in [1.807, 2.05) is 0 Å². The number of urea groups is 1. The van der Waals surface area contributed by atoms with Gasteiger partial charge in [0, 0.05) is 42.8 Å². The van der Waals surface area contributed by atoms with E-state index in [-0.39, 0.29) is 23.9 Å². The van der Waals surface area contributed by atoms with Gasteiger partial charge in [0.2, 0.25) is 0 Å². The van der Waals surface area contributed by atoms with Crippen LogP contribution < -0.4 is 25.4 Å². The van der Waals surface area contributed by atoms with Crippen LogP contribution in [0.1, 0.15) is 16.1 Å². The lowest BCUT2D eigenvalue weighted by molar-refractivity contribution is -0.385. The zero-order chi connectivity index (χ0) is 26.9. The van der Waals surface area contributed by atoms with E-state index in [2.05, 4.69) is 20.9 Å². The van der Waals surface area contributed by atoms with E-state index in [4.69, 9.17) is 9.47 Å². The Morgan fingerprint density at radius 3 is 2.39 bits per heavy atom. The fourth-order valence-corrected chi connectivity index (χ4v) is 3.40. The topological polar surface area (TPSA) is 145 Å². The Kier molecular flexibility index (Phi) is 8.09. The third-order valence-corrected chi connectivity index (χ3v) is 5.21. The molecule has 0 atom stereocenters. The smallest absolute Gasteiger partial charge is 0.323 e. The highest BCUT2D eigenvalue weighted by molar-refractivity contribution is 5.99. The maximum Gasteiger partial charge on any atom is 0.323 e. The van der Waals surface area contributed by atoms with Gasteiger partial charge in [-0.05, 0) is 48.5 Å². The minimum absolute atomic E-state index is 0.00777. The minimum Gasteiger partial charge on any atom is -0.489 e. The number of amides is 3. The molecule has 4 aromatic rings. The molecule has 11 heteroatoms. The first-order valence-electron chi connectivity index (χ1n) is 11.4. The van der Waals surface area contributed by atoms with Crippen LogP contribution in [0.15, 0.2) is 91.1 Å². The van der Waals surface area contributed by atoms with E-state index in [9.17, 15) is 19.7 Å². The summed E-state index contributed by atoms with van der Waals surface area (Å²) in [5, 5.41) is 19.1. The molecule has 0 aliphatic carbocycles. The number of para-hydroxylation sites is 1. The molecule has 1 heterocycles. The first-order chi connectivity index (χ1) is 18.4. The Bertz CT molecular complexity index is 1460. The molecular weight excluding hydrogens is 490 g/mol. The number of anilines is 2. The number of nitrogens with zero attached hydrogens (tertiary/aromatic N) is 2. The third-order valence-electron chi connectivity index (χ3n) is 5.21. The van der Waals surface area contributed by atoms with Crippen LogP contribution in [0.5, 0.6) is 17.2 Å². The van der Waals surface area contributed by atoms with Gasteiger partial charge in [-0.2, -0.15) is 0 Å². The molecule has 0 unspecified atom stereocenters. The monoisotopic (exact) mass is 513 g/mol.